The molecule has 156 valence electrons. The van der Waals surface area contributed by atoms with Crippen molar-refractivity contribution in [3.8, 4) is 0 Å². The summed E-state index contributed by atoms with van der Waals surface area (Å²) in [5.41, 5.74) is 1.99. The monoisotopic (exact) mass is 391 g/mol. The third-order valence-electron chi connectivity index (χ3n) is 6.78. The molecule has 1 amide bonds. The van der Waals surface area contributed by atoms with Gasteiger partial charge in [0.1, 0.15) is 6.26 Å². The van der Waals surface area contributed by atoms with Crippen molar-refractivity contribution in [1.29, 1.82) is 0 Å². The van der Waals surface area contributed by atoms with Crippen LogP contribution in [0.5, 0.6) is 0 Å². The van der Waals surface area contributed by atoms with E-state index in [1.807, 2.05) is 18.7 Å². The molecule has 4 rings (SSSR count). The zero-order valence-electron chi connectivity index (χ0n) is 17.4. The topological polar surface area (TPSA) is 79.0 Å². The standard InChI is InChI=1S/C21H33N3O4/c1-5-24(7-12(2)3)21(26)15-6-18-19(25)16-9-23(10-17(16)20(15)28-18)8-14-11-27-22-13(14)4/h11-12,15-20,25H,5-10H2,1-4H3/t15?,16-,17+,18+,19+,20-/m1/s1. The maximum absolute atomic E-state index is 13.3. The Morgan fingerprint density at radius 1 is 1.39 bits per heavy atom. The lowest BCUT2D eigenvalue weighted by Crippen LogP contribution is -2.48. The fourth-order valence-electron chi connectivity index (χ4n) is 5.41. The van der Waals surface area contributed by atoms with Crippen molar-refractivity contribution in [2.45, 2.75) is 59.0 Å². The van der Waals surface area contributed by atoms with E-state index in [1.165, 1.54) is 0 Å². The Balaban J connectivity index is 1.48. The van der Waals surface area contributed by atoms with E-state index in [0.717, 1.165) is 44.0 Å². The van der Waals surface area contributed by atoms with Crippen molar-refractivity contribution in [3.05, 3.63) is 17.5 Å². The molecular weight excluding hydrogens is 358 g/mol. The summed E-state index contributed by atoms with van der Waals surface area (Å²) in [6.07, 6.45) is 1.56. The molecule has 6 atom stereocenters. The van der Waals surface area contributed by atoms with Crippen LogP contribution in [0, 0.1) is 30.6 Å². The second kappa shape index (κ2) is 7.76. The van der Waals surface area contributed by atoms with E-state index in [1.54, 1.807) is 6.26 Å². The molecule has 3 saturated heterocycles. The molecule has 1 unspecified atom stereocenters. The van der Waals surface area contributed by atoms with Gasteiger partial charge < -0.3 is 19.3 Å². The van der Waals surface area contributed by atoms with Gasteiger partial charge in [0, 0.05) is 50.1 Å². The zero-order valence-corrected chi connectivity index (χ0v) is 17.4. The van der Waals surface area contributed by atoms with Gasteiger partial charge in [-0.05, 0) is 26.2 Å². The maximum Gasteiger partial charge on any atom is 0.228 e. The number of aliphatic hydroxyl groups excluding tert-OH is 1. The van der Waals surface area contributed by atoms with Gasteiger partial charge in [0.25, 0.3) is 0 Å². The molecule has 7 heteroatoms. The van der Waals surface area contributed by atoms with Gasteiger partial charge in [0.2, 0.25) is 5.91 Å². The number of hydrogen-bond acceptors (Lipinski definition) is 6. The van der Waals surface area contributed by atoms with Crippen LogP contribution in [0.3, 0.4) is 0 Å². The number of amides is 1. The number of ether oxygens (including phenoxy) is 1. The first-order chi connectivity index (χ1) is 13.4. The molecule has 3 aliphatic rings. The lowest BCUT2D eigenvalue weighted by molar-refractivity contribution is -0.147. The average Bonchev–Trinajstić information content (AvgIpc) is 3.36. The highest BCUT2D eigenvalue weighted by molar-refractivity contribution is 5.80. The Hall–Kier alpha value is -1.44. The van der Waals surface area contributed by atoms with Crippen molar-refractivity contribution in [3.63, 3.8) is 0 Å². The summed E-state index contributed by atoms with van der Waals surface area (Å²) in [7, 11) is 0. The average molecular weight is 392 g/mol. The van der Waals surface area contributed by atoms with Crippen molar-refractivity contribution >= 4 is 5.91 Å². The van der Waals surface area contributed by atoms with E-state index >= 15 is 0 Å². The Morgan fingerprint density at radius 2 is 2.14 bits per heavy atom. The third kappa shape index (κ3) is 3.48. The number of aryl methyl sites for hydroxylation is 1. The second-order valence-corrected chi connectivity index (χ2v) is 9.19. The molecule has 0 spiro atoms. The molecule has 0 aromatic carbocycles. The van der Waals surface area contributed by atoms with Gasteiger partial charge in [-0.25, -0.2) is 0 Å². The summed E-state index contributed by atoms with van der Waals surface area (Å²) >= 11 is 0. The Kier molecular flexibility index (Phi) is 5.51. The number of aliphatic hydroxyl groups is 1. The van der Waals surface area contributed by atoms with Crippen LogP contribution in [-0.2, 0) is 16.1 Å². The van der Waals surface area contributed by atoms with E-state index in [9.17, 15) is 9.90 Å². The molecule has 1 N–H and O–H groups in total. The van der Waals surface area contributed by atoms with E-state index in [4.69, 9.17) is 9.26 Å². The van der Waals surface area contributed by atoms with Crippen LogP contribution in [-0.4, -0.2) is 70.5 Å². The first-order valence-electron chi connectivity index (χ1n) is 10.6. The van der Waals surface area contributed by atoms with Crippen molar-refractivity contribution in [2.75, 3.05) is 26.2 Å². The Morgan fingerprint density at radius 3 is 2.79 bits per heavy atom. The molecule has 0 aliphatic carbocycles. The van der Waals surface area contributed by atoms with Crippen LogP contribution >= 0.6 is 0 Å². The first kappa shape index (κ1) is 19.9. The van der Waals surface area contributed by atoms with Gasteiger partial charge in [-0.3, -0.25) is 9.69 Å². The SMILES string of the molecule is CCN(CC(C)C)C(=O)C1C[C@@H]2O[C@H]1[C@H]1CN(Cc3conc3C)C[C@H]1[C@@H]2O. The molecule has 3 aliphatic heterocycles. The summed E-state index contributed by atoms with van der Waals surface area (Å²) in [4.78, 5) is 17.6. The highest BCUT2D eigenvalue weighted by atomic mass is 16.5. The van der Waals surface area contributed by atoms with E-state index < -0.39 is 6.10 Å². The predicted molar refractivity (Wildman–Crippen MR) is 103 cm³/mol. The second-order valence-electron chi connectivity index (χ2n) is 9.19. The molecule has 4 heterocycles. The normalized spacial score (nSPS) is 34.8. The molecule has 28 heavy (non-hydrogen) atoms. The number of carbonyl (C=O) groups is 1. The van der Waals surface area contributed by atoms with E-state index in [2.05, 4.69) is 23.9 Å². The number of fused-ring (bicyclic) bond motifs is 4. The first-order valence-corrected chi connectivity index (χ1v) is 10.6. The van der Waals surface area contributed by atoms with Crippen LogP contribution < -0.4 is 0 Å². The fraction of sp³-hybridized carbons (Fsp3) is 0.810. The summed E-state index contributed by atoms with van der Waals surface area (Å²) in [6.45, 7) is 12.2. The van der Waals surface area contributed by atoms with Gasteiger partial charge in [-0.15, -0.1) is 0 Å². The van der Waals surface area contributed by atoms with Crippen molar-refractivity contribution < 1.29 is 19.2 Å². The summed E-state index contributed by atoms with van der Waals surface area (Å²) in [5, 5.41) is 14.9. The third-order valence-corrected chi connectivity index (χ3v) is 6.78. The summed E-state index contributed by atoms with van der Waals surface area (Å²) < 4.78 is 11.3. The molecule has 1 aromatic heterocycles. The zero-order chi connectivity index (χ0) is 20.0. The summed E-state index contributed by atoms with van der Waals surface area (Å²) in [5.74, 6) is 0.871. The number of nitrogens with zero attached hydrogens (tertiary/aromatic N) is 3. The van der Waals surface area contributed by atoms with Gasteiger partial charge in [-0.1, -0.05) is 19.0 Å². The van der Waals surface area contributed by atoms with Crippen LogP contribution in [0.15, 0.2) is 10.8 Å². The number of likely N-dealkylation sites (tertiary alicyclic amines) is 1. The Labute approximate surface area is 167 Å². The minimum Gasteiger partial charge on any atom is -0.390 e. The molecule has 7 nitrogen and oxygen atoms in total. The van der Waals surface area contributed by atoms with Crippen molar-refractivity contribution in [1.82, 2.24) is 15.0 Å². The molecule has 2 bridgehead atoms. The van der Waals surface area contributed by atoms with Crippen molar-refractivity contribution in [2.24, 2.45) is 23.7 Å². The molecule has 0 saturated carbocycles. The minimum absolute atomic E-state index is 0.0827. The van der Waals surface area contributed by atoms with Crippen LogP contribution in [0.2, 0.25) is 0 Å². The number of carbonyl (C=O) groups excluding carboxylic acids is 1. The van der Waals surface area contributed by atoms with Crippen LogP contribution in [0.4, 0.5) is 0 Å². The van der Waals surface area contributed by atoms with Gasteiger partial charge in [0.15, 0.2) is 0 Å². The largest absolute Gasteiger partial charge is 0.390 e. The van der Waals surface area contributed by atoms with Gasteiger partial charge in [0.05, 0.1) is 29.9 Å². The van der Waals surface area contributed by atoms with E-state index in [0.29, 0.717) is 12.3 Å². The number of rotatable bonds is 6. The lowest BCUT2D eigenvalue weighted by Gasteiger charge is -2.37. The molecule has 1 aromatic rings. The molecule has 0 radical (unpaired) electrons. The maximum atomic E-state index is 13.3. The molecule has 3 fully saturated rings. The number of aromatic nitrogens is 1. The summed E-state index contributed by atoms with van der Waals surface area (Å²) in [6, 6.07) is 0. The highest BCUT2D eigenvalue weighted by Gasteiger charge is 2.58. The smallest absolute Gasteiger partial charge is 0.228 e. The fourth-order valence-corrected chi connectivity index (χ4v) is 5.41. The highest BCUT2D eigenvalue weighted by Crippen LogP contribution is 2.47. The van der Waals surface area contributed by atoms with E-state index in [-0.39, 0.29) is 35.9 Å². The lowest BCUT2D eigenvalue weighted by atomic mass is 9.83. The van der Waals surface area contributed by atoms with Gasteiger partial charge >= 0.3 is 0 Å². The van der Waals surface area contributed by atoms with Gasteiger partial charge in [-0.2, -0.15) is 0 Å². The quantitative estimate of drug-likeness (QED) is 0.795. The Bertz CT molecular complexity index is 706. The minimum atomic E-state index is -0.493. The molecular formula is C21H33N3O4. The van der Waals surface area contributed by atoms with Crippen LogP contribution in [0.25, 0.3) is 0 Å². The predicted octanol–water partition coefficient (Wildman–Crippen LogP) is 1.68. The number of hydrogen-bond donors (Lipinski definition) is 1. The van der Waals surface area contributed by atoms with Crippen LogP contribution in [0.1, 0.15) is 38.4 Å².